The molecule has 0 saturated carbocycles. The molecule has 3 aromatic rings. The van der Waals surface area contributed by atoms with Crippen LogP contribution in [0, 0.1) is 0 Å². The van der Waals surface area contributed by atoms with Crippen LogP contribution in [0.15, 0.2) is 84.9 Å². The van der Waals surface area contributed by atoms with Crippen molar-refractivity contribution >= 4 is 5.97 Å². The molecule has 0 aliphatic heterocycles. The molecule has 2 nitrogen and oxygen atoms in total. The highest BCUT2D eigenvalue weighted by atomic mass is 16.6. The molecule has 0 atom stereocenters. The third kappa shape index (κ3) is 4.40. The van der Waals surface area contributed by atoms with E-state index in [2.05, 4.69) is 48.5 Å². The number of hydrogen-bond acceptors (Lipinski definition) is 2. The fraction of sp³-hybridized carbons (Fsp3) is 0.208. The van der Waals surface area contributed by atoms with Crippen molar-refractivity contribution < 1.29 is 9.53 Å². The average molecular weight is 344 g/mol. The molecule has 0 saturated heterocycles. The van der Waals surface area contributed by atoms with Gasteiger partial charge in [-0.05, 0) is 49.6 Å². The minimum atomic E-state index is -0.494. The van der Waals surface area contributed by atoms with Crippen LogP contribution in [0.4, 0.5) is 0 Å². The molecule has 3 aromatic carbocycles. The first-order valence-corrected chi connectivity index (χ1v) is 8.87. The predicted octanol–water partition coefficient (Wildman–Crippen LogP) is 5.82. The van der Waals surface area contributed by atoms with E-state index in [1.165, 1.54) is 11.1 Å². The topological polar surface area (TPSA) is 26.3 Å². The van der Waals surface area contributed by atoms with Gasteiger partial charge in [0.2, 0.25) is 0 Å². The van der Waals surface area contributed by atoms with E-state index in [1.54, 1.807) is 0 Å². The van der Waals surface area contributed by atoms with Crippen LogP contribution >= 0.6 is 0 Å². The standard InChI is InChI=1S/C24H24O2/c1-24(2,3)26-23(25)21-16-14-20(15-17-21)22(18-10-6-4-7-11-18)19-12-8-5-9-13-19/h4-17,22H,1-3H3. The Morgan fingerprint density at radius 1 is 0.692 bits per heavy atom. The second kappa shape index (κ2) is 7.57. The van der Waals surface area contributed by atoms with Crippen molar-refractivity contribution in [2.45, 2.75) is 32.3 Å². The number of rotatable bonds is 4. The van der Waals surface area contributed by atoms with Gasteiger partial charge in [-0.15, -0.1) is 0 Å². The summed E-state index contributed by atoms with van der Waals surface area (Å²) in [6, 6.07) is 28.6. The first kappa shape index (κ1) is 17.9. The van der Waals surface area contributed by atoms with E-state index in [4.69, 9.17) is 4.74 Å². The predicted molar refractivity (Wildman–Crippen MR) is 105 cm³/mol. The van der Waals surface area contributed by atoms with Gasteiger partial charge in [0, 0.05) is 5.92 Å². The van der Waals surface area contributed by atoms with Crippen molar-refractivity contribution in [3.63, 3.8) is 0 Å². The number of carbonyl (C=O) groups excluding carboxylic acids is 1. The Kier molecular flexibility index (Phi) is 5.22. The highest BCUT2D eigenvalue weighted by Crippen LogP contribution is 2.32. The maximum absolute atomic E-state index is 12.3. The van der Waals surface area contributed by atoms with Gasteiger partial charge in [0.1, 0.15) is 5.60 Å². The molecule has 3 rings (SSSR count). The van der Waals surface area contributed by atoms with Crippen LogP contribution in [0.1, 0.15) is 53.7 Å². The number of ether oxygens (including phenoxy) is 1. The summed E-state index contributed by atoms with van der Waals surface area (Å²) in [6.07, 6.45) is 0. The zero-order valence-corrected chi connectivity index (χ0v) is 15.5. The quantitative estimate of drug-likeness (QED) is 0.440. The van der Waals surface area contributed by atoms with E-state index in [0.717, 1.165) is 5.56 Å². The van der Waals surface area contributed by atoms with Gasteiger partial charge in [0.05, 0.1) is 5.56 Å². The first-order chi connectivity index (χ1) is 12.4. The van der Waals surface area contributed by atoms with Crippen LogP contribution in [-0.4, -0.2) is 11.6 Å². The number of carbonyl (C=O) groups is 1. The van der Waals surface area contributed by atoms with E-state index in [-0.39, 0.29) is 11.9 Å². The van der Waals surface area contributed by atoms with Gasteiger partial charge in [-0.1, -0.05) is 72.8 Å². The molecule has 0 spiro atoms. The average Bonchev–Trinajstić information content (AvgIpc) is 2.63. The summed E-state index contributed by atoms with van der Waals surface area (Å²) in [5.74, 6) is -0.162. The van der Waals surface area contributed by atoms with Crippen molar-refractivity contribution in [1.82, 2.24) is 0 Å². The van der Waals surface area contributed by atoms with Crippen LogP contribution in [0.3, 0.4) is 0 Å². The second-order valence-corrected chi connectivity index (χ2v) is 7.38. The third-order valence-corrected chi connectivity index (χ3v) is 4.14. The minimum absolute atomic E-state index is 0.130. The number of hydrogen-bond donors (Lipinski definition) is 0. The van der Waals surface area contributed by atoms with Gasteiger partial charge >= 0.3 is 5.97 Å². The van der Waals surface area contributed by atoms with Crippen molar-refractivity contribution in [2.75, 3.05) is 0 Å². The second-order valence-electron chi connectivity index (χ2n) is 7.38. The summed E-state index contributed by atoms with van der Waals surface area (Å²) < 4.78 is 5.45. The maximum Gasteiger partial charge on any atom is 0.338 e. The molecule has 0 radical (unpaired) electrons. The maximum atomic E-state index is 12.3. The molecule has 0 unspecified atom stereocenters. The van der Waals surface area contributed by atoms with Crippen LogP contribution in [-0.2, 0) is 4.74 Å². The molecule has 0 fully saturated rings. The molecule has 2 heteroatoms. The summed E-state index contributed by atoms with van der Waals surface area (Å²) in [6.45, 7) is 5.63. The summed E-state index contributed by atoms with van der Waals surface area (Å²) in [5, 5.41) is 0. The number of esters is 1. The Morgan fingerprint density at radius 2 is 1.12 bits per heavy atom. The van der Waals surface area contributed by atoms with Crippen molar-refractivity contribution in [1.29, 1.82) is 0 Å². The Bertz CT molecular complexity index is 805. The van der Waals surface area contributed by atoms with Gasteiger partial charge in [0.15, 0.2) is 0 Å². The summed E-state index contributed by atoms with van der Waals surface area (Å²) in [5.41, 5.74) is 3.68. The van der Waals surface area contributed by atoms with Gasteiger partial charge < -0.3 is 4.74 Å². The summed E-state index contributed by atoms with van der Waals surface area (Å²) in [4.78, 5) is 12.3. The van der Waals surface area contributed by atoms with E-state index in [0.29, 0.717) is 5.56 Å². The van der Waals surface area contributed by atoms with E-state index in [1.807, 2.05) is 57.2 Å². The zero-order valence-electron chi connectivity index (χ0n) is 15.5. The van der Waals surface area contributed by atoms with Gasteiger partial charge in [-0.2, -0.15) is 0 Å². The molecule has 0 N–H and O–H groups in total. The third-order valence-electron chi connectivity index (χ3n) is 4.14. The Hall–Kier alpha value is -2.87. The van der Waals surface area contributed by atoms with Crippen molar-refractivity contribution in [2.24, 2.45) is 0 Å². The molecule has 0 amide bonds. The summed E-state index contributed by atoms with van der Waals surface area (Å²) in [7, 11) is 0. The van der Waals surface area contributed by atoms with E-state index >= 15 is 0 Å². The fourth-order valence-corrected chi connectivity index (χ4v) is 3.02. The van der Waals surface area contributed by atoms with Gasteiger partial charge in [-0.3, -0.25) is 0 Å². The van der Waals surface area contributed by atoms with Crippen LogP contribution in [0.2, 0.25) is 0 Å². The lowest BCUT2D eigenvalue weighted by Crippen LogP contribution is -2.23. The van der Waals surface area contributed by atoms with Crippen molar-refractivity contribution in [3.05, 3.63) is 107 Å². The number of benzene rings is 3. The normalized spacial score (nSPS) is 11.4. The molecule has 0 aromatic heterocycles. The molecule has 0 aliphatic carbocycles. The Balaban J connectivity index is 1.94. The van der Waals surface area contributed by atoms with Gasteiger partial charge in [-0.25, -0.2) is 4.79 Å². The zero-order chi connectivity index (χ0) is 18.6. The highest BCUT2D eigenvalue weighted by Gasteiger charge is 2.20. The van der Waals surface area contributed by atoms with Crippen molar-refractivity contribution in [3.8, 4) is 0 Å². The van der Waals surface area contributed by atoms with E-state index < -0.39 is 5.60 Å². The monoisotopic (exact) mass is 344 g/mol. The first-order valence-electron chi connectivity index (χ1n) is 8.87. The molecule has 0 bridgehead atoms. The highest BCUT2D eigenvalue weighted by molar-refractivity contribution is 5.89. The minimum Gasteiger partial charge on any atom is -0.456 e. The lowest BCUT2D eigenvalue weighted by molar-refractivity contribution is 0.00695. The fourth-order valence-electron chi connectivity index (χ4n) is 3.02. The molecule has 132 valence electrons. The summed E-state index contributed by atoms with van der Waals surface area (Å²) >= 11 is 0. The smallest absolute Gasteiger partial charge is 0.338 e. The Labute approximate surface area is 155 Å². The van der Waals surface area contributed by atoms with Crippen LogP contribution in [0.5, 0.6) is 0 Å². The van der Waals surface area contributed by atoms with Crippen LogP contribution < -0.4 is 0 Å². The molecule has 0 heterocycles. The molecular weight excluding hydrogens is 320 g/mol. The molecule has 26 heavy (non-hydrogen) atoms. The van der Waals surface area contributed by atoms with E-state index in [9.17, 15) is 4.79 Å². The van der Waals surface area contributed by atoms with Gasteiger partial charge in [0.25, 0.3) is 0 Å². The SMILES string of the molecule is CC(C)(C)OC(=O)c1ccc(C(c2ccccc2)c2ccccc2)cc1. The lowest BCUT2D eigenvalue weighted by Gasteiger charge is -2.21. The largest absolute Gasteiger partial charge is 0.456 e. The molecule has 0 aliphatic rings. The van der Waals surface area contributed by atoms with Crippen LogP contribution in [0.25, 0.3) is 0 Å². The lowest BCUT2D eigenvalue weighted by atomic mass is 9.85. The Morgan fingerprint density at radius 3 is 1.54 bits per heavy atom. The molecular formula is C24H24O2.